The van der Waals surface area contributed by atoms with Gasteiger partial charge in [-0.25, -0.2) is 0 Å². The topological polar surface area (TPSA) is 30.7 Å². The van der Waals surface area contributed by atoms with Gasteiger partial charge in [-0.1, -0.05) is 60.6 Å². The Balaban J connectivity index is 2.43. The molecule has 2 aromatic heterocycles. The Morgan fingerprint density at radius 1 is 0.933 bits per heavy atom. The molecule has 0 amide bonds. The zero-order chi connectivity index (χ0) is 22.3. The van der Waals surface area contributed by atoms with Gasteiger partial charge in [0.15, 0.2) is 6.29 Å². The highest BCUT2D eigenvalue weighted by Crippen LogP contribution is 2.44. The highest BCUT2D eigenvalue weighted by molar-refractivity contribution is 5.92. The minimum absolute atomic E-state index is 0.0185. The van der Waals surface area contributed by atoms with E-state index in [-0.39, 0.29) is 10.8 Å². The maximum atomic E-state index is 12.2. The van der Waals surface area contributed by atoms with Crippen molar-refractivity contribution in [2.24, 2.45) is 0 Å². The summed E-state index contributed by atoms with van der Waals surface area (Å²) in [7, 11) is 0. The van der Waals surface area contributed by atoms with Crippen molar-refractivity contribution in [2.75, 3.05) is 6.61 Å². The number of benzene rings is 1. The molecule has 0 spiro atoms. The second-order valence-corrected chi connectivity index (χ2v) is 10.1. The molecule has 0 saturated carbocycles. The van der Waals surface area contributed by atoms with Crippen molar-refractivity contribution in [3.05, 3.63) is 58.9 Å². The number of nitrogens with zero attached hydrogens (tertiary/aromatic N) is 1. The number of carbonyl (C=O) groups excluding carboxylic acids is 1. The van der Waals surface area contributed by atoms with Crippen LogP contribution < -0.4 is 4.74 Å². The fraction of sp³-hybridized carbons (Fsp3) is 0.444. The summed E-state index contributed by atoms with van der Waals surface area (Å²) >= 11 is 0. The van der Waals surface area contributed by atoms with Gasteiger partial charge in [-0.05, 0) is 53.5 Å². The normalized spacial score (nSPS) is 12.4. The van der Waals surface area contributed by atoms with E-state index in [2.05, 4.69) is 85.0 Å². The lowest BCUT2D eigenvalue weighted by molar-refractivity contribution is 0.111. The molecule has 3 heteroatoms. The van der Waals surface area contributed by atoms with Crippen LogP contribution in [0, 0.1) is 0 Å². The first-order valence-electron chi connectivity index (χ1n) is 10.9. The number of fused-ring (bicyclic) bond motifs is 1. The van der Waals surface area contributed by atoms with Gasteiger partial charge < -0.3 is 9.14 Å². The Morgan fingerprint density at radius 3 is 2.17 bits per heavy atom. The summed E-state index contributed by atoms with van der Waals surface area (Å²) in [5, 5.41) is 0. The number of hydrogen-bond donors (Lipinski definition) is 0. The number of ether oxygens (including phenoxy) is 1. The highest BCUT2D eigenvalue weighted by Gasteiger charge is 2.28. The standard InChI is InChI=1S/C27H35NO2/c1-9-18-11-12-20-15-21(24(17-29)28(20)16-18)22-13-19(26(3,4)5)14-23(27(6,7)8)25(22)30-10-2/h11-17H,9-10H2,1-8H3. The van der Waals surface area contributed by atoms with Crippen LogP contribution in [0.3, 0.4) is 0 Å². The number of aryl methyl sites for hydroxylation is 1. The molecule has 30 heavy (non-hydrogen) atoms. The monoisotopic (exact) mass is 405 g/mol. The van der Waals surface area contributed by atoms with Gasteiger partial charge in [0.05, 0.1) is 12.3 Å². The van der Waals surface area contributed by atoms with Crippen molar-refractivity contribution in [3.8, 4) is 16.9 Å². The van der Waals surface area contributed by atoms with Crippen molar-refractivity contribution in [1.29, 1.82) is 0 Å². The summed E-state index contributed by atoms with van der Waals surface area (Å²) in [5.41, 5.74) is 7.14. The maximum Gasteiger partial charge on any atom is 0.167 e. The first-order chi connectivity index (χ1) is 14.0. The third-order valence-corrected chi connectivity index (χ3v) is 5.73. The quantitative estimate of drug-likeness (QED) is 0.429. The third-order valence-electron chi connectivity index (χ3n) is 5.73. The van der Waals surface area contributed by atoms with Crippen LogP contribution in [-0.4, -0.2) is 17.3 Å². The predicted octanol–water partition coefficient (Wildman–Crippen LogP) is 6.97. The van der Waals surface area contributed by atoms with E-state index in [0.717, 1.165) is 35.1 Å². The second kappa shape index (κ2) is 7.94. The number of hydrogen-bond acceptors (Lipinski definition) is 2. The van der Waals surface area contributed by atoms with Gasteiger partial charge in [-0.2, -0.15) is 0 Å². The number of pyridine rings is 1. The minimum Gasteiger partial charge on any atom is -0.493 e. The molecule has 1 aromatic carbocycles. The van der Waals surface area contributed by atoms with Crippen LogP contribution in [0.25, 0.3) is 16.6 Å². The van der Waals surface area contributed by atoms with E-state index in [0.29, 0.717) is 12.3 Å². The van der Waals surface area contributed by atoms with Gasteiger partial charge in [-0.15, -0.1) is 0 Å². The van der Waals surface area contributed by atoms with Crippen LogP contribution in [0.4, 0.5) is 0 Å². The molecular weight excluding hydrogens is 370 g/mol. The van der Waals surface area contributed by atoms with E-state index in [1.165, 1.54) is 16.7 Å². The molecule has 160 valence electrons. The van der Waals surface area contributed by atoms with Crippen molar-refractivity contribution in [1.82, 2.24) is 4.40 Å². The van der Waals surface area contributed by atoms with Gasteiger partial charge in [0.2, 0.25) is 0 Å². The average molecular weight is 406 g/mol. The number of aromatic nitrogens is 1. The molecule has 0 radical (unpaired) electrons. The molecule has 0 atom stereocenters. The summed E-state index contributed by atoms with van der Waals surface area (Å²) < 4.78 is 8.24. The second-order valence-electron chi connectivity index (χ2n) is 10.1. The molecule has 0 aliphatic rings. The molecule has 0 unspecified atom stereocenters. The third kappa shape index (κ3) is 4.03. The van der Waals surface area contributed by atoms with Gasteiger partial charge in [0, 0.05) is 28.4 Å². The van der Waals surface area contributed by atoms with Gasteiger partial charge in [0.25, 0.3) is 0 Å². The first-order valence-corrected chi connectivity index (χ1v) is 10.9. The Hall–Kier alpha value is -2.55. The van der Waals surface area contributed by atoms with Crippen LogP contribution in [0.1, 0.15) is 82.6 Å². The van der Waals surface area contributed by atoms with E-state index in [1.54, 1.807) is 0 Å². The smallest absolute Gasteiger partial charge is 0.167 e. The molecule has 3 rings (SSSR count). The largest absolute Gasteiger partial charge is 0.493 e. The molecule has 0 bridgehead atoms. The molecule has 0 aliphatic heterocycles. The zero-order valence-electron chi connectivity index (χ0n) is 19.7. The van der Waals surface area contributed by atoms with E-state index in [4.69, 9.17) is 4.74 Å². The van der Waals surface area contributed by atoms with Crippen molar-refractivity contribution >= 4 is 11.8 Å². The number of aldehydes is 1. The number of rotatable bonds is 5. The van der Waals surface area contributed by atoms with Crippen LogP contribution in [-0.2, 0) is 17.3 Å². The summed E-state index contributed by atoms with van der Waals surface area (Å²) in [5.74, 6) is 0.882. The lowest BCUT2D eigenvalue weighted by Gasteiger charge is -2.29. The zero-order valence-corrected chi connectivity index (χ0v) is 19.7. The van der Waals surface area contributed by atoms with E-state index in [1.807, 2.05) is 11.3 Å². The van der Waals surface area contributed by atoms with E-state index in [9.17, 15) is 4.79 Å². The van der Waals surface area contributed by atoms with Crippen LogP contribution in [0.2, 0.25) is 0 Å². The van der Waals surface area contributed by atoms with Crippen molar-refractivity contribution < 1.29 is 9.53 Å². The minimum atomic E-state index is -0.0869. The van der Waals surface area contributed by atoms with E-state index < -0.39 is 0 Å². The Bertz CT molecular complexity index is 1070. The maximum absolute atomic E-state index is 12.2. The summed E-state index contributed by atoms with van der Waals surface area (Å²) in [6.45, 7) is 18.0. The number of carbonyl (C=O) groups is 1. The van der Waals surface area contributed by atoms with Crippen molar-refractivity contribution in [2.45, 2.75) is 72.6 Å². The molecule has 0 saturated heterocycles. The lowest BCUT2D eigenvalue weighted by Crippen LogP contribution is -2.18. The van der Waals surface area contributed by atoms with E-state index >= 15 is 0 Å². The van der Waals surface area contributed by atoms with Gasteiger partial charge in [-0.3, -0.25) is 4.79 Å². The predicted molar refractivity (Wildman–Crippen MR) is 126 cm³/mol. The summed E-state index contributed by atoms with van der Waals surface area (Å²) in [6.07, 6.45) is 3.97. The molecule has 3 aromatic rings. The highest BCUT2D eigenvalue weighted by atomic mass is 16.5. The Labute approximate surface area is 181 Å². The average Bonchev–Trinajstić information content (AvgIpc) is 3.03. The Kier molecular flexibility index (Phi) is 5.86. The fourth-order valence-corrected chi connectivity index (χ4v) is 3.90. The van der Waals surface area contributed by atoms with Crippen molar-refractivity contribution in [3.63, 3.8) is 0 Å². The Morgan fingerprint density at radius 2 is 1.63 bits per heavy atom. The molecule has 0 fully saturated rings. The lowest BCUT2D eigenvalue weighted by atomic mass is 9.78. The van der Waals surface area contributed by atoms with Crippen LogP contribution >= 0.6 is 0 Å². The molecular formula is C27H35NO2. The fourth-order valence-electron chi connectivity index (χ4n) is 3.90. The summed E-state index contributed by atoms with van der Waals surface area (Å²) in [6, 6.07) is 10.8. The molecule has 0 N–H and O–H groups in total. The van der Waals surface area contributed by atoms with Crippen LogP contribution in [0.15, 0.2) is 36.5 Å². The van der Waals surface area contributed by atoms with Crippen LogP contribution in [0.5, 0.6) is 5.75 Å². The van der Waals surface area contributed by atoms with Gasteiger partial charge in [0.1, 0.15) is 5.75 Å². The molecule has 3 nitrogen and oxygen atoms in total. The molecule has 0 aliphatic carbocycles. The van der Waals surface area contributed by atoms with Gasteiger partial charge >= 0.3 is 0 Å². The summed E-state index contributed by atoms with van der Waals surface area (Å²) in [4.78, 5) is 12.2. The SMILES string of the molecule is CCOc1c(-c2cc3ccc(CC)cn3c2C=O)cc(C(C)(C)C)cc1C(C)(C)C. The molecule has 2 heterocycles. The first kappa shape index (κ1) is 22.1.